The van der Waals surface area contributed by atoms with Gasteiger partial charge in [-0.05, 0) is 40.2 Å². The van der Waals surface area contributed by atoms with E-state index in [1.165, 1.54) is 12.1 Å². The predicted octanol–water partition coefficient (Wildman–Crippen LogP) is 3.91. The number of aromatic hydroxyl groups is 1. The number of para-hydroxylation sites is 1. The second kappa shape index (κ2) is 5.19. The molecule has 4 heteroatoms. The SMILES string of the molecule is Oc1c(Br)cccc1CNc1cccc(F)c1. The van der Waals surface area contributed by atoms with Crippen LogP contribution in [0.15, 0.2) is 46.9 Å². The first-order valence-corrected chi connectivity index (χ1v) is 5.92. The van der Waals surface area contributed by atoms with E-state index in [-0.39, 0.29) is 11.6 Å². The lowest BCUT2D eigenvalue weighted by molar-refractivity contribution is 0.465. The molecule has 0 unspecified atom stereocenters. The highest BCUT2D eigenvalue weighted by Crippen LogP contribution is 2.27. The summed E-state index contributed by atoms with van der Waals surface area (Å²) in [6, 6.07) is 11.6. The Hall–Kier alpha value is -1.55. The largest absolute Gasteiger partial charge is 0.506 e. The molecule has 0 spiro atoms. The van der Waals surface area contributed by atoms with Gasteiger partial charge in [0.1, 0.15) is 11.6 Å². The fourth-order valence-corrected chi connectivity index (χ4v) is 1.91. The van der Waals surface area contributed by atoms with Gasteiger partial charge >= 0.3 is 0 Å². The standard InChI is InChI=1S/C13H11BrFNO/c14-12-6-1-3-9(13(12)17)8-16-11-5-2-4-10(15)7-11/h1-7,16-17H,8H2. The third-order valence-corrected chi connectivity index (χ3v) is 3.02. The maximum Gasteiger partial charge on any atom is 0.134 e. The van der Waals surface area contributed by atoms with Crippen molar-refractivity contribution in [1.29, 1.82) is 0 Å². The Morgan fingerprint density at radius 2 is 1.94 bits per heavy atom. The highest BCUT2D eigenvalue weighted by atomic mass is 79.9. The van der Waals surface area contributed by atoms with Crippen LogP contribution in [0.2, 0.25) is 0 Å². The molecule has 0 bridgehead atoms. The van der Waals surface area contributed by atoms with E-state index >= 15 is 0 Å². The number of benzene rings is 2. The van der Waals surface area contributed by atoms with E-state index in [4.69, 9.17) is 0 Å². The van der Waals surface area contributed by atoms with Gasteiger partial charge in [-0.3, -0.25) is 0 Å². The molecule has 0 amide bonds. The van der Waals surface area contributed by atoms with E-state index in [1.54, 1.807) is 18.2 Å². The molecule has 0 saturated heterocycles. The van der Waals surface area contributed by atoms with Gasteiger partial charge in [-0.25, -0.2) is 4.39 Å². The molecule has 2 N–H and O–H groups in total. The number of hydrogen-bond acceptors (Lipinski definition) is 2. The molecule has 0 aliphatic heterocycles. The first kappa shape index (κ1) is 11.9. The minimum absolute atomic E-state index is 0.205. The third-order valence-electron chi connectivity index (χ3n) is 2.38. The number of phenols is 1. The molecule has 0 atom stereocenters. The molecular weight excluding hydrogens is 285 g/mol. The van der Waals surface area contributed by atoms with Crippen molar-refractivity contribution >= 4 is 21.6 Å². The lowest BCUT2D eigenvalue weighted by Crippen LogP contribution is -2.00. The van der Waals surface area contributed by atoms with Gasteiger partial charge in [-0.2, -0.15) is 0 Å². The van der Waals surface area contributed by atoms with E-state index in [2.05, 4.69) is 21.2 Å². The Morgan fingerprint density at radius 3 is 2.71 bits per heavy atom. The van der Waals surface area contributed by atoms with Crippen LogP contribution in [0.25, 0.3) is 0 Å². The van der Waals surface area contributed by atoms with Crippen molar-refractivity contribution in [3.8, 4) is 5.75 Å². The second-order valence-corrected chi connectivity index (χ2v) is 4.47. The van der Waals surface area contributed by atoms with Crippen molar-refractivity contribution < 1.29 is 9.50 Å². The van der Waals surface area contributed by atoms with Crippen LogP contribution < -0.4 is 5.32 Å². The summed E-state index contributed by atoms with van der Waals surface area (Å²) in [5, 5.41) is 12.8. The van der Waals surface area contributed by atoms with Gasteiger partial charge < -0.3 is 10.4 Å². The summed E-state index contributed by atoms with van der Waals surface area (Å²) in [6.45, 7) is 0.439. The lowest BCUT2D eigenvalue weighted by atomic mass is 10.2. The fourth-order valence-electron chi connectivity index (χ4n) is 1.50. The molecule has 88 valence electrons. The van der Waals surface area contributed by atoms with Crippen molar-refractivity contribution in [3.05, 3.63) is 58.3 Å². The molecule has 2 nitrogen and oxygen atoms in total. The number of halogens is 2. The molecule has 0 aliphatic carbocycles. The van der Waals surface area contributed by atoms with E-state index < -0.39 is 0 Å². The van der Waals surface area contributed by atoms with Gasteiger partial charge in [0.2, 0.25) is 0 Å². The zero-order valence-corrected chi connectivity index (χ0v) is 10.5. The normalized spacial score (nSPS) is 10.2. The van der Waals surface area contributed by atoms with Crippen LogP contribution in [0.1, 0.15) is 5.56 Å². The van der Waals surface area contributed by atoms with Crippen LogP contribution in [-0.4, -0.2) is 5.11 Å². The predicted molar refractivity (Wildman–Crippen MR) is 69.5 cm³/mol. The Balaban J connectivity index is 2.10. The van der Waals surface area contributed by atoms with Crippen molar-refractivity contribution in [2.45, 2.75) is 6.54 Å². The minimum Gasteiger partial charge on any atom is -0.506 e. The molecule has 0 saturated carbocycles. The Morgan fingerprint density at radius 1 is 1.18 bits per heavy atom. The summed E-state index contributed by atoms with van der Waals surface area (Å²) in [5.41, 5.74) is 1.44. The van der Waals surface area contributed by atoms with E-state index in [0.717, 1.165) is 5.56 Å². The zero-order chi connectivity index (χ0) is 12.3. The smallest absolute Gasteiger partial charge is 0.134 e. The van der Waals surface area contributed by atoms with Crippen molar-refractivity contribution in [2.75, 3.05) is 5.32 Å². The molecule has 0 heterocycles. The molecule has 0 aromatic heterocycles. The molecular formula is C13H11BrFNO. The maximum atomic E-state index is 12.9. The summed E-state index contributed by atoms with van der Waals surface area (Å²) in [5.74, 6) is -0.0788. The topological polar surface area (TPSA) is 32.3 Å². The van der Waals surface area contributed by atoms with Crippen LogP contribution in [0.4, 0.5) is 10.1 Å². The maximum absolute atomic E-state index is 12.9. The first-order chi connectivity index (χ1) is 8.16. The molecule has 0 fully saturated rings. The van der Waals surface area contributed by atoms with Gasteiger partial charge in [-0.15, -0.1) is 0 Å². The van der Waals surface area contributed by atoms with Crippen molar-refractivity contribution in [2.24, 2.45) is 0 Å². The van der Waals surface area contributed by atoms with Gasteiger partial charge in [-0.1, -0.05) is 18.2 Å². The number of anilines is 1. The van der Waals surface area contributed by atoms with Crippen LogP contribution >= 0.6 is 15.9 Å². The van der Waals surface area contributed by atoms with Crippen LogP contribution in [-0.2, 0) is 6.54 Å². The zero-order valence-electron chi connectivity index (χ0n) is 8.95. The monoisotopic (exact) mass is 295 g/mol. The van der Waals surface area contributed by atoms with E-state index in [0.29, 0.717) is 16.7 Å². The number of phenolic OH excluding ortho intramolecular Hbond substituents is 1. The summed E-state index contributed by atoms with van der Waals surface area (Å²) in [6.07, 6.45) is 0. The van der Waals surface area contributed by atoms with Crippen molar-refractivity contribution in [1.82, 2.24) is 0 Å². The molecule has 0 aliphatic rings. The van der Waals surface area contributed by atoms with E-state index in [1.807, 2.05) is 12.1 Å². The van der Waals surface area contributed by atoms with Gasteiger partial charge in [0.25, 0.3) is 0 Å². The quantitative estimate of drug-likeness (QED) is 0.900. The lowest BCUT2D eigenvalue weighted by Gasteiger charge is -2.09. The van der Waals surface area contributed by atoms with Crippen LogP contribution in [0.3, 0.4) is 0 Å². The Labute approximate surface area is 107 Å². The highest BCUT2D eigenvalue weighted by Gasteiger charge is 2.04. The molecule has 2 aromatic carbocycles. The molecule has 2 rings (SSSR count). The molecule has 0 radical (unpaired) electrons. The molecule has 17 heavy (non-hydrogen) atoms. The summed E-state index contributed by atoms with van der Waals surface area (Å²) in [7, 11) is 0. The summed E-state index contributed by atoms with van der Waals surface area (Å²) >= 11 is 3.25. The number of nitrogens with one attached hydrogen (secondary N) is 1. The van der Waals surface area contributed by atoms with Crippen LogP contribution in [0.5, 0.6) is 5.75 Å². The number of hydrogen-bond donors (Lipinski definition) is 2. The third kappa shape index (κ3) is 2.97. The highest BCUT2D eigenvalue weighted by molar-refractivity contribution is 9.10. The first-order valence-electron chi connectivity index (χ1n) is 5.12. The van der Waals surface area contributed by atoms with Crippen molar-refractivity contribution in [3.63, 3.8) is 0 Å². The average molecular weight is 296 g/mol. The van der Waals surface area contributed by atoms with Gasteiger partial charge in [0, 0.05) is 17.8 Å². The summed E-state index contributed by atoms with van der Waals surface area (Å²) < 4.78 is 13.6. The Kier molecular flexibility index (Phi) is 3.64. The van der Waals surface area contributed by atoms with E-state index in [9.17, 15) is 9.50 Å². The average Bonchev–Trinajstić information content (AvgIpc) is 2.31. The summed E-state index contributed by atoms with van der Waals surface area (Å²) in [4.78, 5) is 0. The van der Waals surface area contributed by atoms with Crippen LogP contribution in [0, 0.1) is 5.82 Å². The van der Waals surface area contributed by atoms with Gasteiger partial charge in [0.15, 0.2) is 0 Å². The molecule has 2 aromatic rings. The Bertz CT molecular complexity index is 531. The fraction of sp³-hybridized carbons (Fsp3) is 0.0769. The minimum atomic E-state index is -0.284. The number of rotatable bonds is 3. The second-order valence-electron chi connectivity index (χ2n) is 3.61. The van der Waals surface area contributed by atoms with Gasteiger partial charge in [0.05, 0.1) is 4.47 Å².